The summed E-state index contributed by atoms with van der Waals surface area (Å²) in [5.74, 6) is 0.599. The summed E-state index contributed by atoms with van der Waals surface area (Å²) in [5, 5.41) is 8.52. The van der Waals surface area contributed by atoms with Gasteiger partial charge in [-0.3, -0.25) is 9.69 Å². The predicted octanol–water partition coefficient (Wildman–Crippen LogP) is 4.36. The van der Waals surface area contributed by atoms with Crippen molar-refractivity contribution in [3.8, 4) is 5.75 Å². The fraction of sp³-hybridized carbons (Fsp3) is 0.286. The third-order valence-corrected chi connectivity index (χ3v) is 5.81. The molecule has 0 unspecified atom stereocenters. The van der Waals surface area contributed by atoms with Crippen LogP contribution in [-0.2, 0) is 11.3 Å². The number of hydrogen-bond donors (Lipinski definition) is 3. The molecule has 0 aliphatic carbocycles. The topological polar surface area (TPSA) is 91.9 Å². The fourth-order valence-electron chi connectivity index (χ4n) is 3.81. The lowest BCUT2D eigenvalue weighted by Gasteiger charge is -2.26. The molecule has 0 bridgehead atoms. The molecule has 4 rings (SSSR count). The number of carbonyl (C=O) groups is 2. The number of carbonyl (C=O) groups excluding carboxylic acids is 2. The summed E-state index contributed by atoms with van der Waals surface area (Å²) in [7, 11) is 0. The highest BCUT2D eigenvalue weighted by Crippen LogP contribution is 2.18. The molecule has 0 aromatic heterocycles. The van der Waals surface area contributed by atoms with Crippen LogP contribution < -0.4 is 20.7 Å². The molecule has 1 heterocycles. The number of morpholine rings is 1. The Bertz CT molecular complexity index is 1100. The van der Waals surface area contributed by atoms with Crippen molar-refractivity contribution in [1.82, 2.24) is 10.2 Å². The SMILES string of the molecule is O=C(Nc1ccc(OCc2ccccc2)cc1)Nc1ccc(C(=O)NCCCN2CCOCC2)cc1. The monoisotopic (exact) mass is 488 g/mol. The normalized spacial score (nSPS) is 13.6. The molecule has 8 heteroatoms. The second-order valence-electron chi connectivity index (χ2n) is 8.52. The Hall–Kier alpha value is -3.88. The average molecular weight is 489 g/mol. The molecule has 0 radical (unpaired) electrons. The maximum atomic E-state index is 12.4. The van der Waals surface area contributed by atoms with Crippen molar-refractivity contribution in [2.24, 2.45) is 0 Å². The first-order valence-corrected chi connectivity index (χ1v) is 12.2. The van der Waals surface area contributed by atoms with Gasteiger partial charge in [0.25, 0.3) is 5.91 Å². The van der Waals surface area contributed by atoms with Gasteiger partial charge in [-0.1, -0.05) is 30.3 Å². The third kappa shape index (κ3) is 8.11. The van der Waals surface area contributed by atoms with E-state index in [1.807, 2.05) is 42.5 Å². The molecule has 3 aromatic carbocycles. The van der Waals surface area contributed by atoms with Crippen LogP contribution in [0.3, 0.4) is 0 Å². The second-order valence-corrected chi connectivity index (χ2v) is 8.52. The van der Waals surface area contributed by atoms with E-state index in [2.05, 4.69) is 20.9 Å². The quantitative estimate of drug-likeness (QED) is 0.369. The number of hydrogen-bond acceptors (Lipinski definition) is 5. The Morgan fingerprint density at radius 2 is 1.47 bits per heavy atom. The highest BCUT2D eigenvalue weighted by atomic mass is 16.5. The molecule has 3 aromatic rings. The van der Waals surface area contributed by atoms with E-state index >= 15 is 0 Å². The minimum absolute atomic E-state index is 0.123. The highest BCUT2D eigenvalue weighted by Gasteiger charge is 2.10. The van der Waals surface area contributed by atoms with Gasteiger partial charge in [0, 0.05) is 36.6 Å². The van der Waals surface area contributed by atoms with Gasteiger partial charge in [0.15, 0.2) is 0 Å². The number of amides is 3. The number of rotatable bonds is 10. The van der Waals surface area contributed by atoms with Crippen LogP contribution in [0.1, 0.15) is 22.3 Å². The van der Waals surface area contributed by atoms with E-state index in [4.69, 9.17) is 9.47 Å². The summed E-state index contributed by atoms with van der Waals surface area (Å²) < 4.78 is 11.1. The predicted molar refractivity (Wildman–Crippen MR) is 141 cm³/mol. The van der Waals surface area contributed by atoms with Crippen LogP contribution in [0.4, 0.5) is 16.2 Å². The van der Waals surface area contributed by atoms with Gasteiger partial charge < -0.3 is 25.4 Å². The molecule has 1 fully saturated rings. The van der Waals surface area contributed by atoms with E-state index in [0.717, 1.165) is 50.6 Å². The van der Waals surface area contributed by atoms with Gasteiger partial charge in [0.2, 0.25) is 0 Å². The van der Waals surface area contributed by atoms with Gasteiger partial charge in [0.05, 0.1) is 13.2 Å². The molecule has 188 valence electrons. The van der Waals surface area contributed by atoms with Crippen molar-refractivity contribution in [1.29, 1.82) is 0 Å². The summed E-state index contributed by atoms with van der Waals surface area (Å²) in [5.41, 5.74) is 2.89. The van der Waals surface area contributed by atoms with Gasteiger partial charge in [-0.2, -0.15) is 0 Å². The summed E-state index contributed by atoms with van der Waals surface area (Å²) in [4.78, 5) is 27.1. The highest BCUT2D eigenvalue weighted by molar-refractivity contribution is 6.00. The lowest BCUT2D eigenvalue weighted by Crippen LogP contribution is -2.38. The molecule has 1 aliphatic rings. The van der Waals surface area contributed by atoms with Crippen molar-refractivity contribution < 1.29 is 19.1 Å². The first-order chi connectivity index (χ1) is 17.7. The summed E-state index contributed by atoms with van der Waals surface area (Å²) in [6, 6.07) is 23.6. The molecular weight excluding hydrogens is 456 g/mol. The minimum atomic E-state index is -0.367. The van der Waals surface area contributed by atoms with Crippen molar-refractivity contribution in [2.75, 3.05) is 50.0 Å². The lowest BCUT2D eigenvalue weighted by atomic mass is 10.2. The Balaban J connectivity index is 1.16. The maximum Gasteiger partial charge on any atom is 0.323 e. The Kier molecular flexibility index (Phi) is 9.30. The minimum Gasteiger partial charge on any atom is -0.489 e. The van der Waals surface area contributed by atoms with E-state index < -0.39 is 0 Å². The largest absolute Gasteiger partial charge is 0.489 e. The van der Waals surface area contributed by atoms with E-state index in [1.54, 1.807) is 36.4 Å². The zero-order valence-electron chi connectivity index (χ0n) is 20.2. The first kappa shape index (κ1) is 25.2. The number of nitrogens with one attached hydrogen (secondary N) is 3. The second kappa shape index (κ2) is 13.3. The number of benzene rings is 3. The molecule has 0 spiro atoms. The fourth-order valence-corrected chi connectivity index (χ4v) is 3.81. The van der Waals surface area contributed by atoms with Crippen LogP contribution in [0.25, 0.3) is 0 Å². The lowest BCUT2D eigenvalue weighted by molar-refractivity contribution is 0.0374. The summed E-state index contributed by atoms with van der Waals surface area (Å²) in [6.45, 7) is 5.51. The summed E-state index contributed by atoms with van der Waals surface area (Å²) >= 11 is 0. The average Bonchev–Trinajstić information content (AvgIpc) is 2.92. The van der Waals surface area contributed by atoms with Crippen LogP contribution in [0, 0.1) is 0 Å². The molecule has 0 atom stereocenters. The van der Waals surface area contributed by atoms with Gasteiger partial charge in [-0.05, 0) is 67.1 Å². The zero-order valence-corrected chi connectivity index (χ0v) is 20.2. The van der Waals surface area contributed by atoms with Crippen LogP contribution in [0.5, 0.6) is 5.75 Å². The Morgan fingerprint density at radius 1 is 0.833 bits per heavy atom. The third-order valence-electron chi connectivity index (χ3n) is 5.81. The number of nitrogens with zero attached hydrogens (tertiary/aromatic N) is 1. The van der Waals surface area contributed by atoms with E-state index in [0.29, 0.717) is 30.1 Å². The van der Waals surface area contributed by atoms with E-state index in [1.165, 1.54) is 0 Å². The number of anilines is 2. The van der Waals surface area contributed by atoms with Crippen molar-refractivity contribution >= 4 is 23.3 Å². The molecule has 1 aliphatic heterocycles. The molecule has 3 amide bonds. The smallest absolute Gasteiger partial charge is 0.323 e. The Morgan fingerprint density at radius 3 is 2.14 bits per heavy atom. The Labute approximate surface area is 211 Å². The molecule has 3 N–H and O–H groups in total. The van der Waals surface area contributed by atoms with Crippen LogP contribution in [0.2, 0.25) is 0 Å². The summed E-state index contributed by atoms with van der Waals surface area (Å²) in [6.07, 6.45) is 0.895. The van der Waals surface area contributed by atoms with E-state index in [9.17, 15) is 9.59 Å². The van der Waals surface area contributed by atoms with Crippen molar-refractivity contribution in [2.45, 2.75) is 13.0 Å². The van der Waals surface area contributed by atoms with E-state index in [-0.39, 0.29) is 11.9 Å². The van der Waals surface area contributed by atoms with Gasteiger partial charge >= 0.3 is 6.03 Å². The number of urea groups is 1. The molecule has 1 saturated heterocycles. The zero-order chi connectivity index (χ0) is 25.0. The van der Waals surface area contributed by atoms with Crippen molar-refractivity contribution in [3.05, 3.63) is 90.0 Å². The first-order valence-electron chi connectivity index (χ1n) is 12.2. The molecular formula is C28H32N4O4. The van der Waals surface area contributed by atoms with Crippen molar-refractivity contribution in [3.63, 3.8) is 0 Å². The molecule has 0 saturated carbocycles. The van der Waals surface area contributed by atoms with Gasteiger partial charge in [-0.15, -0.1) is 0 Å². The van der Waals surface area contributed by atoms with Crippen LogP contribution >= 0.6 is 0 Å². The standard InChI is InChI=1S/C28H32N4O4/c33-27(29-15-4-16-32-17-19-35-20-18-32)23-7-9-24(10-8-23)30-28(34)31-25-11-13-26(14-12-25)36-21-22-5-2-1-3-6-22/h1-3,5-14H,4,15-21H2,(H,29,33)(H2,30,31,34). The van der Waals surface area contributed by atoms with Crippen LogP contribution in [-0.4, -0.2) is 56.2 Å². The molecule has 36 heavy (non-hydrogen) atoms. The van der Waals surface area contributed by atoms with Crippen LogP contribution in [0.15, 0.2) is 78.9 Å². The maximum absolute atomic E-state index is 12.4. The van der Waals surface area contributed by atoms with Gasteiger partial charge in [0.1, 0.15) is 12.4 Å². The number of ether oxygens (including phenoxy) is 2. The van der Waals surface area contributed by atoms with Gasteiger partial charge in [-0.25, -0.2) is 4.79 Å². The molecule has 8 nitrogen and oxygen atoms in total.